The number of anilines is 1. The van der Waals surface area contributed by atoms with Crippen LogP contribution >= 0.6 is 23.2 Å². The Kier molecular flexibility index (Phi) is 11.4. The Labute approximate surface area is 286 Å². The summed E-state index contributed by atoms with van der Waals surface area (Å²) in [4.78, 5) is 29.5. The van der Waals surface area contributed by atoms with E-state index in [4.69, 9.17) is 27.9 Å². The number of carbonyl (C=O) groups is 2. The number of ether oxygens (including phenoxy) is 1. The van der Waals surface area contributed by atoms with Gasteiger partial charge in [-0.15, -0.1) is 0 Å². The first-order valence-electron chi connectivity index (χ1n) is 15.6. The van der Waals surface area contributed by atoms with Crippen molar-refractivity contribution in [2.24, 2.45) is 0 Å². The van der Waals surface area contributed by atoms with Gasteiger partial charge in [-0.2, -0.15) is 0 Å². The van der Waals surface area contributed by atoms with E-state index in [-0.39, 0.29) is 29.1 Å². The van der Waals surface area contributed by atoms with Gasteiger partial charge in [0.05, 0.1) is 10.6 Å². The molecule has 0 aromatic heterocycles. The van der Waals surface area contributed by atoms with Crippen LogP contribution < -0.4 is 14.4 Å². The Hall–Kier alpha value is -4.05. The first kappa shape index (κ1) is 34.3. The fourth-order valence-corrected chi connectivity index (χ4v) is 7.65. The van der Waals surface area contributed by atoms with Gasteiger partial charge in [-0.25, -0.2) is 8.42 Å². The van der Waals surface area contributed by atoms with Crippen molar-refractivity contribution in [3.8, 4) is 11.5 Å². The molecule has 0 unspecified atom stereocenters. The molecular formula is C36H37Cl2N3O5S. The van der Waals surface area contributed by atoms with E-state index in [0.717, 1.165) is 30.0 Å². The number of carbonyl (C=O) groups excluding carboxylic acids is 2. The maximum Gasteiger partial charge on any atom is 0.264 e. The van der Waals surface area contributed by atoms with Gasteiger partial charge in [0.2, 0.25) is 11.8 Å². The van der Waals surface area contributed by atoms with Crippen molar-refractivity contribution in [2.75, 3.05) is 10.8 Å². The monoisotopic (exact) mass is 693 g/mol. The molecule has 0 heterocycles. The minimum atomic E-state index is -4.22. The summed E-state index contributed by atoms with van der Waals surface area (Å²) >= 11 is 13.1. The van der Waals surface area contributed by atoms with E-state index in [2.05, 4.69) is 5.32 Å². The van der Waals surface area contributed by atoms with E-state index < -0.39 is 28.5 Å². The molecule has 1 aliphatic rings. The molecule has 5 rings (SSSR count). The molecule has 1 fully saturated rings. The van der Waals surface area contributed by atoms with E-state index in [1.165, 1.54) is 17.0 Å². The molecule has 1 atom stereocenters. The highest BCUT2D eigenvalue weighted by atomic mass is 35.5. The van der Waals surface area contributed by atoms with Crippen LogP contribution in [0.1, 0.15) is 44.6 Å². The number of nitrogens with zero attached hydrogens (tertiary/aromatic N) is 2. The topological polar surface area (TPSA) is 96.0 Å². The molecule has 0 spiro atoms. The SMILES string of the molecule is CC[C@@H](C(=O)NC1CCCC1)N(Cc1c(Cl)cccc1Cl)C(=O)CN(c1ccc(Oc2ccccc2)cc1)S(=O)(=O)c1ccccc1. The van der Waals surface area contributed by atoms with Gasteiger partial charge < -0.3 is 15.0 Å². The summed E-state index contributed by atoms with van der Waals surface area (Å²) in [5.74, 6) is 0.238. The van der Waals surface area contributed by atoms with Crippen LogP contribution in [0.3, 0.4) is 0 Å². The Bertz CT molecular complexity index is 1750. The highest BCUT2D eigenvalue weighted by Crippen LogP contribution is 2.31. The van der Waals surface area contributed by atoms with Crippen LogP contribution in [0.2, 0.25) is 10.0 Å². The molecule has 8 nitrogen and oxygen atoms in total. The summed E-state index contributed by atoms with van der Waals surface area (Å²) in [5, 5.41) is 3.78. The minimum absolute atomic E-state index is 0.0177. The Morgan fingerprint density at radius 2 is 1.40 bits per heavy atom. The van der Waals surface area contributed by atoms with Crippen molar-refractivity contribution in [3.05, 3.63) is 119 Å². The molecule has 1 aliphatic carbocycles. The summed E-state index contributed by atoms with van der Waals surface area (Å²) in [6, 6.07) is 27.7. The van der Waals surface area contributed by atoms with Crippen molar-refractivity contribution in [1.29, 1.82) is 0 Å². The maximum atomic E-state index is 14.4. The zero-order chi connectivity index (χ0) is 33.4. The second-order valence-corrected chi connectivity index (χ2v) is 14.0. The fraction of sp³-hybridized carbons (Fsp3) is 0.278. The van der Waals surface area contributed by atoms with Gasteiger partial charge in [-0.1, -0.05) is 85.4 Å². The van der Waals surface area contributed by atoms with Crippen molar-refractivity contribution in [3.63, 3.8) is 0 Å². The van der Waals surface area contributed by atoms with E-state index in [1.54, 1.807) is 60.7 Å². The van der Waals surface area contributed by atoms with E-state index in [1.807, 2.05) is 37.3 Å². The molecule has 47 heavy (non-hydrogen) atoms. The number of para-hydroxylation sites is 1. The average Bonchev–Trinajstić information content (AvgIpc) is 3.59. The molecule has 4 aromatic rings. The Morgan fingerprint density at radius 3 is 2.00 bits per heavy atom. The highest BCUT2D eigenvalue weighted by Gasteiger charge is 2.35. The zero-order valence-corrected chi connectivity index (χ0v) is 28.3. The third-order valence-electron chi connectivity index (χ3n) is 8.19. The normalized spacial score (nSPS) is 13.9. The standard InChI is InChI=1S/C36H37Cl2N3O5S/c1-2-34(36(43)39-26-12-9-10-13-26)40(24-31-32(37)18-11-19-33(31)38)35(42)25-41(47(44,45)30-16-7-4-8-17-30)27-20-22-29(23-21-27)46-28-14-5-3-6-15-28/h3-8,11,14-23,26,34H,2,9-10,12-13,24-25H2,1H3,(H,39,43)/t34-/m0/s1. The van der Waals surface area contributed by atoms with Gasteiger partial charge in [0.15, 0.2) is 0 Å². The third-order valence-corrected chi connectivity index (χ3v) is 10.7. The zero-order valence-electron chi connectivity index (χ0n) is 26.0. The number of hydrogen-bond acceptors (Lipinski definition) is 5. The average molecular weight is 695 g/mol. The van der Waals surface area contributed by atoms with Gasteiger partial charge in [0.1, 0.15) is 24.1 Å². The smallest absolute Gasteiger partial charge is 0.264 e. The highest BCUT2D eigenvalue weighted by molar-refractivity contribution is 7.92. The molecule has 1 saturated carbocycles. The largest absolute Gasteiger partial charge is 0.457 e. The molecular weight excluding hydrogens is 657 g/mol. The summed E-state index contributed by atoms with van der Waals surface area (Å²) in [7, 11) is -4.22. The molecule has 0 saturated heterocycles. The molecule has 0 radical (unpaired) electrons. The predicted octanol–water partition coefficient (Wildman–Crippen LogP) is 7.85. The van der Waals surface area contributed by atoms with Crippen molar-refractivity contribution >= 4 is 50.7 Å². The molecule has 1 N–H and O–H groups in total. The van der Waals surface area contributed by atoms with Gasteiger partial charge in [0, 0.05) is 28.2 Å². The number of amides is 2. The lowest BCUT2D eigenvalue weighted by Crippen LogP contribution is -2.53. The van der Waals surface area contributed by atoms with Crippen LogP contribution in [-0.2, 0) is 26.2 Å². The van der Waals surface area contributed by atoms with Crippen LogP contribution in [0.5, 0.6) is 11.5 Å². The van der Waals surface area contributed by atoms with E-state index in [9.17, 15) is 18.0 Å². The lowest BCUT2D eigenvalue weighted by atomic mass is 10.1. The van der Waals surface area contributed by atoms with Gasteiger partial charge in [0.25, 0.3) is 10.0 Å². The van der Waals surface area contributed by atoms with E-state index >= 15 is 0 Å². The maximum absolute atomic E-state index is 14.4. The van der Waals surface area contributed by atoms with Crippen LogP contribution in [-0.4, -0.2) is 43.8 Å². The summed E-state index contributed by atoms with van der Waals surface area (Å²) in [6.07, 6.45) is 4.10. The summed E-state index contributed by atoms with van der Waals surface area (Å²) in [5.41, 5.74) is 0.720. The van der Waals surface area contributed by atoms with Crippen LogP contribution in [0.25, 0.3) is 0 Å². The van der Waals surface area contributed by atoms with Crippen molar-refractivity contribution in [2.45, 2.75) is 62.6 Å². The lowest BCUT2D eigenvalue weighted by molar-refractivity contribution is -0.140. The predicted molar refractivity (Wildman–Crippen MR) is 185 cm³/mol. The Balaban J connectivity index is 1.50. The third kappa shape index (κ3) is 8.46. The van der Waals surface area contributed by atoms with Gasteiger partial charge in [-0.3, -0.25) is 13.9 Å². The van der Waals surface area contributed by atoms with Gasteiger partial charge >= 0.3 is 0 Å². The Morgan fingerprint density at radius 1 is 0.830 bits per heavy atom. The molecule has 11 heteroatoms. The first-order chi connectivity index (χ1) is 22.7. The first-order valence-corrected chi connectivity index (χ1v) is 17.8. The summed E-state index contributed by atoms with van der Waals surface area (Å²) in [6.45, 7) is 1.15. The molecule has 2 amide bonds. The molecule has 4 aromatic carbocycles. The molecule has 0 aliphatic heterocycles. The quantitative estimate of drug-likeness (QED) is 0.154. The number of halogens is 2. The van der Waals surface area contributed by atoms with Crippen LogP contribution in [0.4, 0.5) is 5.69 Å². The van der Waals surface area contributed by atoms with Gasteiger partial charge in [-0.05, 0) is 79.9 Å². The van der Waals surface area contributed by atoms with Crippen LogP contribution in [0.15, 0.2) is 108 Å². The van der Waals surface area contributed by atoms with Crippen molar-refractivity contribution < 1.29 is 22.7 Å². The number of hydrogen-bond donors (Lipinski definition) is 1. The minimum Gasteiger partial charge on any atom is -0.457 e. The second-order valence-electron chi connectivity index (χ2n) is 11.4. The second kappa shape index (κ2) is 15.7. The summed E-state index contributed by atoms with van der Waals surface area (Å²) < 4.78 is 35.2. The number of rotatable bonds is 13. The fourth-order valence-electron chi connectivity index (χ4n) is 5.69. The molecule has 0 bridgehead atoms. The van der Waals surface area contributed by atoms with Crippen molar-refractivity contribution in [1.82, 2.24) is 10.2 Å². The molecule has 246 valence electrons. The lowest BCUT2D eigenvalue weighted by Gasteiger charge is -2.34. The number of sulfonamides is 1. The van der Waals surface area contributed by atoms with E-state index in [0.29, 0.717) is 33.5 Å². The number of nitrogens with one attached hydrogen (secondary N) is 1. The number of benzene rings is 4. The van der Waals surface area contributed by atoms with Crippen LogP contribution in [0, 0.1) is 0 Å².